The van der Waals surface area contributed by atoms with E-state index in [0.29, 0.717) is 34.3 Å². The van der Waals surface area contributed by atoms with Crippen LogP contribution in [0.5, 0.6) is 5.88 Å². The molecule has 0 spiro atoms. The molecule has 1 fully saturated rings. The fourth-order valence-corrected chi connectivity index (χ4v) is 3.92. The summed E-state index contributed by atoms with van der Waals surface area (Å²) in [6.45, 7) is 6.42. The van der Waals surface area contributed by atoms with Crippen molar-refractivity contribution in [3.63, 3.8) is 0 Å². The smallest absolute Gasteiger partial charge is 0.234 e. The number of hydrogen-bond acceptors (Lipinski definition) is 9. The average molecular weight is 462 g/mol. The number of hydrogen-bond donors (Lipinski definition) is 1. The van der Waals surface area contributed by atoms with Crippen molar-refractivity contribution in [2.24, 2.45) is 5.92 Å². The second kappa shape index (κ2) is 9.80. The standard InChI is InChI=1S/C20H24ClN7O2S/c1-12(18-22-7-15(21)8-23-18)13(2)31-27-20-26-25-19(28(20)9-14-10-30-11-14)16-5-4-6-17(24-16)29-3/h4-8,12-14H,9-11H2,1-3H3,(H,26,27). The molecule has 2 unspecified atom stereocenters. The highest BCUT2D eigenvalue weighted by atomic mass is 35.5. The van der Waals surface area contributed by atoms with Crippen molar-refractivity contribution < 1.29 is 9.47 Å². The summed E-state index contributed by atoms with van der Waals surface area (Å²) < 4.78 is 16.0. The van der Waals surface area contributed by atoms with E-state index in [4.69, 9.17) is 21.1 Å². The molecular formula is C20H24ClN7O2S. The number of methoxy groups -OCH3 is 1. The zero-order valence-corrected chi connectivity index (χ0v) is 19.1. The van der Waals surface area contributed by atoms with Crippen LogP contribution in [0.1, 0.15) is 25.6 Å². The van der Waals surface area contributed by atoms with Gasteiger partial charge in [0.25, 0.3) is 0 Å². The first-order valence-electron chi connectivity index (χ1n) is 9.96. The Hall–Kier alpha value is -2.43. The summed E-state index contributed by atoms with van der Waals surface area (Å²) in [5, 5.41) is 9.49. The lowest BCUT2D eigenvalue weighted by atomic mass is 10.1. The highest BCUT2D eigenvalue weighted by molar-refractivity contribution is 8.01. The van der Waals surface area contributed by atoms with Gasteiger partial charge in [0, 0.05) is 42.1 Å². The number of aromatic nitrogens is 6. The number of nitrogens with one attached hydrogen (secondary N) is 1. The fourth-order valence-electron chi connectivity index (χ4n) is 3.06. The van der Waals surface area contributed by atoms with Crippen LogP contribution in [-0.2, 0) is 11.3 Å². The molecule has 31 heavy (non-hydrogen) atoms. The van der Waals surface area contributed by atoms with Gasteiger partial charge in [0.05, 0.1) is 25.3 Å². The Morgan fingerprint density at radius 1 is 1.26 bits per heavy atom. The topological polar surface area (TPSA) is 99.9 Å². The Morgan fingerprint density at radius 2 is 2.03 bits per heavy atom. The van der Waals surface area contributed by atoms with E-state index >= 15 is 0 Å². The molecule has 11 heteroatoms. The lowest BCUT2D eigenvalue weighted by Crippen LogP contribution is -2.32. The van der Waals surface area contributed by atoms with Crippen LogP contribution in [0.25, 0.3) is 11.5 Å². The third-order valence-corrected chi connectivity index (χ3v) is 6.42. The van der Waals surface area contributed by atoms with E-state index < -0.39 is 0 Å². The zero-order valence-electron chi connectivity index (χ0n) is 17.5. The van der Waals surface area contributed by atoms with E-state index in [1.807, 2.05) is 12.1 Å². The summed E-state index contributed by atoms with van der Waals surface area (Å²) in [5.41, 5.74) is 0.709. The molecule has 164 valence electrons. The Bertz CT molecular complexity index is 1010. The third-order valence-electron chi connectivity index (χ3n) is 5.15. The van der Waals surface area contributed by atoms with E-state index in [-0.39, 0.29) is 11.2 Å². The van der Waals surface area contributed by atoms with Crippen LogP contribution in [0.2, 0.25) is 5.02 Å². The van der Waals surface area contributed by atoms with Crippen LogP contribution >= 0.6 is 23.5 Å². The molecule has 2 atom stereocenters. The van der Waals surface area contributed by atoms with Crippen LogP contribution in [0.4, 0.5) is 5.95 Å². The van der Waals surface area contributed by atoms with Gasteiger partial charge in [0.15, 0.2) is 5.82 Å². The molecular weight excluding hydrogens is 438 g/mol. The molecule has 0 aliphatic carbocycles. The lowest BCUT2D eigenvalue weighted by molar-refractivity contribution is -0.0390. The van der Waals surface area contributed by atoms with Gasteiger partial charge < -0.3 is 9.47 Å². The Balaban J connectivity index is 1.51. The number of nitrogens with zero attached hydrogens (tertiary/aromatic N) is 6. The second-order valence-corrected chi connectivity index (χ2v) is 9.02. The molecule has 1 N–H and O–H groups in total. The lowest BCUT2D eigenvalue weighted by Gasteiger charge is -2.27. The zero-order chi connectivity index (χ0) is 21.8. The summed E-state index contributed by atoms with van der Waals surface area (Å²) in [6, 6.07) is 5.60. The Kier molecular flexibility index (Phi) is 6.89. The molecule has 0 aromatic carbocycles. The van der Waals surface area contributed by atoms with Gasteiger partial charge in [0.2, 0.25) is 11.8 Å². The minimum absolute atomic E-state index is 0.116. The van der Waals surface area contributed by atoms with Crippen molar-refractivity contribution in [1.82, 2.24) is 29.7 Å². The van der Waals surface area contributed by atoms with E-state index in [1.54, 1.807) is 37.5 Å². The first-order chi connectivity index (χ1) is 15.0. The molecule has 1 aliphatic heterocycles. The maximum atomic E-state index is 5.90. The van der Waals surface area contributed by atoms with Crippen molar-refractivity contribution in [1.29, 1.82) is 0 Å². The largest absolute Gasteiger partial charge is 0.481 e. The summed E-state index contributed by atoms with van der Waals surface area (Å²) in [7, 11) is 1.60. The number of anilines is 1. The first kappa shape index (κ1) is 21.8. The highest BCUT2D eigenvalue weighted by Gasteiger charge is 2.25. The Morgan fingerprint density at radius 3 is 2.71 bits per heavy atom. The number of ether oxygens (including phenoxy) is 2. The van der Waals surface area contributed by atoms with Crippen molar-refractivity contribution in [3.05, 3.63) is 41.4 Å². The van der Waals surface area contributed by atoms with Gasteiger partial charge in [-0.15, -0.1) is 10.2 Å². The van der Waals surface area contributed by atoms with E-state index in [9.17, 15) is 0 Å². The van der Waals surface area contributed by atoms with Crippen molar-refractivity contribution in [2.75, 3.05) is 25.0 Å². The van der Waals surface area contributed by atoms with E-state index in [1.165, 1.54) is 0 Å². The van der Waals surface area contributed by atoms with Crippen LogP contribution in [0.3, 0.4) is 0 Å². The first-order valence-corrected chi connectivity index (χ1v) is 11.2. The van der Waals surface area contributed by atoms with Crippen LogP contribution < -0.4 is 9.46 Å². The molecule has 1 aliphatic rings. The molecule has 3 aromatic rings. The fraction of sp³-hybridized carbons (Fsp3) is 0.450. The van der Waals surface area contributed by atoms with Gasteiger partial charge in [-0.2, -0.15) is 0 Å². The van der Waals surface area contributed by atoms with Crippen molar-refractivity contribution in [2.45, 2.75) is 31.6 Å². The summed E-state index contributed by atoms with van der Waals surface area (Å²) in [4.78, 5) is 13.2. The van der Waals surface area contributed by atoms with Gasteiger partial charge in [0.1, 0.15) is 11.5 Å². The van der Waals surface area contributed by atoms with Gasteiger partial charge in [-0.3, -0.25) is 9.29 Å². The predicted molar refractivity (Wildman–Crippen MR) is 120 cm³/mol. The summed E-state index contributed by atoms with van der Waals surface area (Å²) in [5.74, 6) is 3.19. The van der Waals surface area contributed by atoms with Crippen LogP contribution in [-0.4, -0.2) is 55.3 Å². The Labute approximate surface area is 190 Å². The van der Waals surface area contributed by atoms with Crippen molar-refractivity contribution in [3.8, 4) is 17.4 Å². The third kappa shape index (κ3) is 5.08. The molecule has 3 aromatic heterocycles. The summed E-state index contributed by atoms with van der Waals surface area (Å²) >= 11 is 7.46. The highest BCUT2D eigenvalue weighted by Crippen LogP contribution is 2.29. The van der Waals surface area contributed by atoms with E-state index in [2.05, 4.69) is 48.3 Å². The van der Waals surface area contributed by atoms with Gasteiger partial charge in [-0.25, -0.2) is 15.0 Å². The van der Waals surface area contributed by atoms with Crippen LogP contribution in [0, 0.1) is 5.92 Å². The SMILES string of the molecule is COc1cccc(-c2nnc(NSC(C)C(C)c3ncc(Cl)cn3)n2CC2COC2)n1. The van der Waals surface area contributed by atoms with Crippen LogP contribution in [0.15, 0.2) is 30.6 Å². The molecule has 4 heterocycles. The minimum atomic E-state index is 0.116. The maximum absolute atomic E-state index is 5.90. The molecule has 0 saturated carbocycles. The maximum Gasteiger partial charge on any atom is 0.234 e. The second-order valence-electron chi connectivity index (χ2n) is 7.40. The van der Waals surface area contributed by atoms with Gasteiger partial charge in [-0.1, -0.05) is 31.5 Å². The number of pyridine rings is 1. The molecule has 0 amide bonds. The monoisotopic (exact) mass is 461 g/mol. The molecule has 4 rings (SSSR count). The predicted octanol–water partition coefficient (Wildman–Crippen LogP) is 3.69. The molecule has 1 saturated heterocycles. The minimum Gasteiger partial charge on any atom is -0.481 e. The molecule has 9 nitrogen and oxygen atoms in total. The van der Waals surface area contributed by atoms with Gasteiger partial charge in [-0.05, 0) is 18.0 Å². The summed E-state index contributed by atoms with van der Waals surface area (Å²) in [6.07, 6.45) is 3.24. The van der Waals surface area contributed by atoms with E-state index in [0.717, 1.165) is 25.6 Å². The van der Waals surface area contributed by atoms with Gasteiger partial charge >= 0.3 is 0 Å². The number of halogens is 1. The number of rotatable bonds is 9. The quantitative estimate of drug-likeness (QED) is 0.478. The molecule has 0 bridgehead atoms. The average Bonchev–Trinajstić information content (AvgIpc) is 3.17. The molecule has 0 radical (unpaired) electrons. The van der Waals surface area contributed by atoms with Crippen molar-refractivity contribution >= 4 is 29.5 Å². The normalized spacial score (nSPS) is 15.9.